The van der Waals surface area contributed by atoms with Crippen LogP contribution in [0.25, 0.3) is 27.1 Å². The quantitative estimate of drug-likeness (QED) is 0.295. The summed E-state index contributed by atoms with van der Waals surface area (Å²) >= 11 is 1.45. The number of thiazole rings is 1. The molecule has 4 aromatic rings. The molecule has 0 aliphatic heterocycles. The van der Waals surface area contributed by atoms with Crippen molar-refractivity contribution in [3.8, 4) is 0 Å². The molecule has 0 saturated carbocycles. The van der Waals surface area contributed by atoms with Crippen molar-refractivity contribution < 1.29 is 9.72 Å². The number of hydrogen-bond acceptors (Lipinski definition) is 4. The predicted molar refractivity (Wildman–Crippen MR) is 111 cm³/mol. The van der Waals surface area contributed by atoms with Crippen LogP contribution in [-0.2, 0) is 11.8 Å². The minimum Gasteiger partial charge on any atom is -0.319 e. The Balaban J connectivity index is 1.71. The highest BCUT2D eigenvalue weighted by molar-refractivity contribution is 7.16. The zero-order valence-corrected chi connectivity index (χ0v) is 15.7. The monoisotopic (exact) mass is 389 g/mol. The third kappa shape index (κ3) is 3.35. The van der Waals surface area contributed by atoms with Crippen LogP contribution in [-0.4, -0.2) is 15.4 Å². The van der Waals surface area contributed by atoms with Crippen molar-refractivity contribution in [1.29, 1.82) is 0 Å². The molecule has 0 atom stereocenters. The Kier molecular flexibility index (Phi) is 4.58. The molecule has 28 heavy (non-hydrogen) atoms. The molecule has 3 aromatic carbocycles. The van der Waals surface area contributed by atoms with E-state index in [0.29, 0.717) is 10.4 Å². The summed E-state index contributed by atoms with van der Waals surface area (Å²) in [7, 11) is 1.89. The second-order valence-electron chi connectivity index (χ2n) is 6.21. The molecule has 1 amide bonds. The average Bonchev–Trinajstić information content (AvgIpc) is 3.02. The summed E-state index contributed by atoms with van der Waals surface area (Å²) in [5, 5.41) is 13.1. The van der Waals surface area contributed by atoms with Gasteiger partial charge in [-0.1, -0.05) is 53.8 Å². The lowest BCUT2D eigenvalue weighted by molar-refractivity contribution is -0.384. The molecular weight excluding hydrogens is 374 g/mol. The van der Waals surface area contributed by atoms with Gasteiger partial charge >= 0.3 is 0 Å². The molecule has 1 heterocycles. The zero-order chi connectivity index (χ0) is 19.7. The van der Waals surface area contributed by atoms with Crippen molar-refractivity contribution in [1.82, 2.24) is 4.57 Å². The second-order valence-corrected chi connectivity index (χ2v) is 7.22. The summed E-state index contributed by atoms with van der Waals surface area (Å²) in [6, 6.07) is 18.3. The Bertz CT molecular complexity index is 1330. The number of nitro benzene ring substituents is 1. The number of benzene rings is 3. The molecule has 0 aliphatic rings. The summed E-state index contributed by atoms with van der Waals surface area (Å²) in [6.07, 6.45) is 2.85. The number of aryl methyl sites for hydroxylation is 1. The molecule has 1 aromatic heterocycles. The fraction of sp³-hybridized carbons (Fsp3) is 0.0476. The Morgan fingerprint density at radius 3 is 2.79 bits per heavy atom. The lowest BCUT2D eigenvalue weighted by atomic mass is 10.1. The maximum absolute atomic E-state index is 12.3. The number of aromatic nitrogens is 1. The molecule has 0 fully saturated rings. The Labute approximate surface area is 163 Å². The minimum absolute atomic E-state index is 0.0191. The van der Waals surface area contributed by atoms with E-state index in [4.69, 9.17) is 0 Å². The number of nitro groups is 1. The third-order valence-electron chi connectivity index (χ3n) is 4.39. The van der Waals surface area contributed by atoms with E-state index in [2.05, 4.69) is 23.2 Å². The number of carbonyl (C=O) groups is 1. The lowest BCUT2D eigenvalue weighted by Crippen LogP contribution is -2.12. The topological polar surface area (TPSA) is 77.5 Å². The van der Waals surface area contributed by atoms with Gasteiger partial charge in [0.1, 0.15) is 0 Å². The van der Waals surface area contributed by atoms with E-state index in [9.17, 15) is 14.9 Å². The number of carbonyl (C=O) groups excluding carboxylic acids is 1. The number of nitrogens with zero attached hydrogens (tertiary/aromatic N) is 3. The predicted octanol–water partition coefficient (Wildman–Crippen LogP) is 4.44. The first-order valence-corrected chi connectivity index (χ1v) is 9.33. The van der Waals surface area contributed by atoms with Gasteiger partial charge in [-0.2, -0.15) is 4.99 Å². The molecule has 0 aliphatic carbocycles. The summed E-state index contributed by atoms with van der Waals surface area (Å²) in [4.78, 5) is 27.5. The standard InChI is InChI=1S/C21H15N3O3S/c1-23-20-17-8-3-2-6-15(17)10-11-18(20)28-21(23)22-19(25)12-9-14-5-4-7-16(13-14)24(26)27/h2-13H,1H3. The van der Waals surface area contributed by atoms with Gasteiger partial charge in [-0.3, -0.25) is 14.9 Å². The number of hydrogen-bond donors (Lipinski definition) is 0. The van der Waals surface area contributed by atoms with Gasteiger partial charge in [-0.25, -0.2) is 0 Å². The highest BCUT2D eigenvalue weighted by Gasteiger charge is 2.08. The molecule has 6 nitrogen and oxygen atoms in total. The van der Waals surface area contributed by atoms with Gasteiger partial charge in [0.05, 0.1) is 15.1 Å². The summed E-state index contributed by atoms with van der Waals surface area (Å²) in [6.45, 7) is 0. The van der Waals surface area contributed by atoms with Crippen LogP contribution in [0.2, 0.25) is 0 Å². The number of amides is 1. The summed E-state index contributed by atoms with van der Waals surface area (Å²) in [5.41, 5.74) is 1.59. The van der Waals surface area contributed by atoms with Crippen LogP contribution in [0.15, 0.2) is 71.7 Å². The Hall–Kier alpha value is -3.58. The zero-order valence-electron chi connectivity index (χ0n) is 14.9. The molecular formula is C21H15N3O3S. The summed E-state index contributed by atoms with van der Waals surface area (Å²) < 4.78 is 2.97. The molecule has 0 spiro atoms. The summed E-state index contributed by atoms with van der Waals surface area (Å²) in [5.74, 6) is -0.419. The van der Waals surface area contributed by atoms with Crippen LogP contribution >= 0.6 is 11.3 Å². The van der Waals surface area contributed by atoms with E-state index in [-0.39, 0.29) is 5.69 Å². The fourth-order valence-electron chi connectivity index (χ4n) is 3.06. The minimum atomic E-state index is -0.467. The van der Waals surface area contributed by atoms with Crippen molar-refractivity contribution in [3.05, 3.63) is 87.2 Å². The van der Waals surface area contributed by atoms with Crippen molar-refractivity contribution in [2.24, 2.45) is 12.0 Å². The Morgan fingerprint density at radius 2 is 1.96 bits per heavy atom. The second kappa shape index (κ2) is 7.21. The van der Waals surface area contributed by atoms with Crippen LogP contribution in [0, 0.1) is 10.1 Å². The first kappa shape index (κ1) is 17.8. The van der Waals surface area contributed by atoms with Crippen LogP contribution in [0.4, 0.5) is 5.69 Å². The average molecular weight is 389 g/mol. The van der Waals surface area contributed by atoms with Crippen molar-refractivity contribution in [3.63, 3.8) is 0 Å². The largest absolute Gasteiger partial charge is 0.319 e. The van der Waals surface area contributed by atoms with E-state index in [1.54, 1.807) is 12.1 Å². The maximum atomic E-state index is 12.3. The number of non-ortho nitro benzene ring substituents is 1. The van der Waals surface area contributed by atoms with Gasteiger partial charge in [-0.05, 0) is 23.1 Å². The van der Waals surface area contributed by atoms with E-state index < -0.39 is 10.8 Å². The maximum Gasteiger partial charge on any atom is 0.272 e. The third-order valence-corrected chi connectivity index (χ3v) is 5.49. The highest BCUT2D eigenvalue weighted by Crippen LogP contribution is 2.26. The molecule has 0 saturated heterocycles. The fourth-order valence-corrected chi connectivity index (χ4v) is 4.10. The SMILES string of the molecule is Cn1c(=NC(=O)C=Cc2cccc([N+](=O)[O-])c2)sc2ccc3ccccc3c21. The smallest absolute Gasteiger partial charge is 0.272 e. The number of fused-ring (bicyclic) bond motifs is 3. The number of rotatable bonds is 3. The lowest BCUT2D eigenvalue weighted by Gasteiger charge is -2.01. The van der Waals surface area contributed by atoms with Gasteiger partial charge < -0.3 is 4.57 Å². The van der Waals surface area contributed by atoms with Gasteiger partial charge in [-0.15, -0.1) is 0 Å². The van der Waals surface area contributed by atoms with Crippen LogP contribution in [0.5, 0.6) is 0 Å². The van der Waals surface area contributed by atoms with Gasteiger partial charge in [0, 0.05) is 30.6 Å². The first-order valence-electron chi connectivity index (χ1n) is 8.51. The van der Waals surface area contributed by atoms with E-state index in [1.807, 2.05) is 29.8 Å². The molecule has 0 radical (unpaired) electrons. The van der Waals surface area contributed by atoms with Crippen LogP contribution in [0.1, 0.15) is 5.56 Å². The normalized spacial score (nSPS) is 12.2. The van der Waals surface area contributed by atoms with Crippen molar-refractivity contribution >= 4 is 50.0 Å². The molecule has 0 unspecified atom stereocenters. The van der Waals surface area contributed by atoms with Gasteiger partial charge in [0.15, 0.2) is 4.80 Å². The molecule has 0 bridgehead atoms. The van der Waals surface area contributed by atoms with E-state index in [1.165, 1.54) is 35.6 Å². The van der Waals surface area contributed by atoms with Crippen LogP contribution in [0.3, 0.4) is 0 Å². The highest BCUT2D eigenvalue weighted by atomic mass is 32.1. The molecule has 138 valence electrons. The van der Waals surface area contributed by atoms with Crippen molar-refractivity contribution in [2.45, 2.75) is 0 Å². The van der Waals surface area contributed by atoms with E-state index >= 15 is 0 Å². The molecule has 0 N–H and O–H groups in total. The molecule has 4 rings (SSSR count). The first-order chi connectivity index (χ1) is 13.5. The van der Waals surface area contributed by atoms with Gasteiger partial charge in [0.2, 0.25) is 0 Å². The van der Waals surface area contributed by atoms with Crippen LogP contribution < -0.4 is 4.80 Å². The molecule has 7 heteroatoms. The van der Waals surface area contributed by atoms with Crippen molar-refractivity contribution in [2.75, 3.05) is 0 Å². The van der Waals surface area contributed by atoms with E-state index in [0.717, 1.165) is 21.0 Å². The Morgan fingerprint density at radius 1 is 1.14 bits per heavy atom. The van der Waals surface area contributed by atoms with Gasteiger partial charge in [0.25, 0.3) is 11.6 Å².